The molecule has 0 unspecified atom stereocenters. The zero-order valence-electron chi connectivity index (χ0n) is 9.37. The Morgan fingerprint density at radius 2 is 2.12 bits per heavy atom. The summed E-state index contributed by atoms with van der Waals surface area (Å²) >= 11 is 0. The summed E-state index contributed by atoms with van der Waals surface area (Å²) in [5, 5.41) is 3.81. The number of aromatic nitrogens is 1. The Balaban J connectivity index is 2.35. The summed E-state index contributed by atoms with van der Waals surface area (Å²) in [4.78, 5) is 14.8. The van der Waals surface area contributed by atoms with Gasteiger partial charge in [0.25, 0.3) is 0 Å². The number of benzene rings is 1. The van der Waals surface area contributed by atoms with Gasteiger partial charge in [0.1, 0.15) is 0 Å². The van der Waals surface area contributed by atoms with Crippen molar-refractivity contribution in [2.24, 2.45) is 5.73 Å². The van der Waals surface area contributed by atoms with Gasteiger partial charge in [-0.1, -0.05) is 6.07 Å². The van der Waals surface area contributed by atoms with E-state index >= 15 is 0 Å². The SMILES string of the molecule is CC(C)(N)C(=O)Nc1cccc2[nH]ccc12. The number of nitrogens with one attached hydrogen (secondary N) is 2. The Labute approximate surface area is 93.8 Å². The molecule has 2 rings (SSSR count). The predicted molar refractivity (Wildman–Crippen MR) is 65.2 cm³/mol. The van der Waals surface area contributed by atoms with Gasteiger partial charge >= 0.3 is 0 Å². The van der Waals surface area contributed by atoms with E-state index in [4.69, 9.17) is 5.73 Å². The summed E-state index contributed by atoms with van der Waals surface area (Å²) in [6.45, 7) is 3.36. The molecule has 4 N–H and O–H groups in total. The Bertz CT molecular complexity index is 522. The van der Waals surface area contributed by atoms with Gasteiger partial charge in [0.15, 0.2) is 0 Å². The molecule has 2 aromatic rings. The number of hydrogen-bond acceptors (Lipinski definition) is 2. The number of hydrogen-bond donors (Lipinski definition) is 3. The summed E-state index contributed by atoms with van der Waals surface area (Å²) in [6.07, 6.45) is 1.84. The molecule has 4 nitrogen and oxygen atoms in total. The van der Waals surface area contributed by atoms with E-state index in [1.165, 1.54) is 0 Å². The lowest BCUT2D eigenvalue weighted by Gasteiger charge is -2.18. The zero-order valence-corrected chi connectivity index (χ0v) is 9.37. The lowest BCUT2D eigenvalue weighted by Crippen LogP contribution is -2.45. The molecular weight excluding hydrogens is 202 g/mol. The number of fused-ring (bicyclic) bond motifs is 1. The molecule has 0 aliphatic heterocycles. The van der Waals surface area contributed by atoms with Crippen LogP contribution in [0.3, 0.4) is 0 Å². The molecule has 1 amide bonds. The van der Waals surface area contributed by atoms with E-state index in [2.05, 4.69) is 10.3 Å². The number of H-pyrrole nitrogens is 1. The van der Waals surface area contributed by atoms with Gasteiger partial charge in [-0.2, -0.15) is 0 Å². The molecule has 84 valence electrons. The molecular formula is C12H15N3O. The highest BCUT2D eigenvalue weighted by Crippen LogP contribution is 2.22. The minimum Gasteiger partial charge on any atom is -0.361 e. The van der Waals surface area contributed by atoms with Crippen LogP contribution in [0.25, 0.3) is 10.9 Å². The van der Waals surface area contributed by atoms with Crippen LogP contribution < -0.4 is 11.1 Å². The number of rotatable bonds is 2. The quantitative estimate of drug-likeness (QED) is 0.718. The minimum absolute atomic E-state index is 0.193. The Kier molecular flexibility index (Phi) is 2.44. The normalized spacial score (nSPS) is 11.7. The average Bonchev–Trinajstić information content (AvgIpc) is 2.65. The molecule has 0 saturated carbocycles. The molecule has 0 atom stereocenters. The van der Waals surface area contributed by atoms with Gasteiger partial charge in [0, 0.05) is 17.1 Å². The lowest BCUT2D eigenvalue weighted by atomic mass is 10.1. The molecule has 0 bridgehead atoms. The van der Waals surface area contributed by atoms with Crippen molar-refractivity contribution in [3.8, 4) is 0 Å². The Morgan fingerprint density at radius 3 is 2.81 bits per heavy atom. The first-order valence-corrected chi connectivity index (χ1v) is 5.15. The fourth-order valence-electron chi connectivity index (χ4n) is 1.48. The highest BCUT2D eigenvalue weighted by Gasteiger charge is 2.22. The van der Waals surface area contributed by atoms with Crippen molar-refractivity contribution in [1.29, 1.82) is 0 Å². The molecule has 0 spiro atoms. The Morgan fingerprint density at radius 1 is 1.38 bits per heavy atom. The molecule has 16 heavy (non-hydrogen) atoms. The molecule has 1 aromatic heterocycles. The molecule has 0 saturated heterocycles. The van der Waals surface area contributed by atoms with E-state index in [-0.39, 0.29) is 5.91 Å². The van der Waals surface area contributed by atoms with E-state index in [9.17, 15) is 4.79 Å². The van der Waals surface area contributed by atoms with Gasteiger partial charge in [0.2, 0.25) is 5.91 Å². The van der Waals surface area contributed by atoms with Gasteiger partial charge < -0.3 is 16.0 Å². The first kappa shape index (κ1) is 10.7. The number of carbonyl (C=O) groups excluding carboxylic acids is 1. The van der Waals surface area contributed by atoms with Gasteiger partial charge in [-0.15, -0.1) is 0 Å². The van der Waals surface area contributed by atoms with Gasteiger partial charge in [-0.05, 0) is 32.0 Å². The average molecular weight is 217 g/mol. The maximum absolute atomic E-state index is 11.8. The van der Waals surface area contributed by atoms with E-state index in [1.807, 2.05) is 30.5 Å². The van der Waals surface area contributed by atoms with E-state index < -0.39 is 5.54 Å². The third-order valence-corrected chi connectivity index (χ3v) is 2.43. The maximum Gasteiger partial charge on any atom is 0.243 e. The number of amides is 1. The van der Waals surface area contributed by atoms with Crippen molar-refractivity contribution in [3.05, 3.63) is 30.5 Å². The standard InChI is InChI=1S/C12H15N3O/c1-12(2,13)11(16)15-10-5-3-4-9-8(10)6-7-14-9/h3-7,14H,13H2,1-2H3,(H,15,16). The van der Waals surface area contributed by atoms with Gasteiger partial charge in [-0.3, -0.25) is 4.79 Å². The van der Waals surface area contributed by atoms with Gasteiger partial charge in [-0.25, -0.2) is 0 Å². The number of nitrogens with two attached hydrogens (primary N) is 1. The molecule has 1 heterocycles. The summed E-state index contributed by atoms with van der Waals surface area (Å²) in [7, 11) is 0. The van der Waals surface area contributed by atoms with Crippen molar-refractivity contribution >= 4 is 22.5 Å². The number of anilines is 1. The van der Waals surface area contributed by atoms with E-state index in [0.29, 0.717) is 0 Å². The largest absolute Gasteiger partial charge is 0.361 e. The maximum atomic E-state index is 11.8. The molecule has 0 radical (unpaired) electrons. The van der Waals surface area contributed by atoms with Crippen LogP contribution in [0.2, 0.25) is 0 Å². The van der Waals surface area contributed by atoms with Crippen LogP contribution in [0.5, 0.6) is 0 Å². The molecule has 4 heteroatoms. The van der Waals surface area contributed by atoms with Gasteiger partial charge in [0.05, 0.1) is 11.2 Å². The number of carbonyl (C=O) groups is 1. The summed E-state index contributed by atoms with van der Waals surface area (Å²) in [6, 6.07) is 7.63. The molecule has 0 aliphatic carbocycles. The van der Waals surface area contributed by atoms with Crippen LogP contribution in [0.1, 0.15) is 13.8 Å². The van der Waals surface area contributed by atoms with Crippen LogP contribution in [0.15, 0.2) is 30.5 Å². The van der Waals surface area contributed by atoms with Crippen molar-refractivity contribution in [1.82, 2.24) is 4.98 Å². The van der Waals surface area contributed by atoms with Crippen molar-refractivity contribution in [2.75, 3.05) is 5.32 Å². The third-order valence-electron chi connectivity index (χ3n) is 2.43. The fourth-order valence-corrected chi connectivity index (χ4v) is 1.48. The summed E-state index contributed by atoms with van der Waals surface area (Å²) in [5.41, 5.74) is 6.62. The molecule has 0 fully saturated rings. The van der Waals surface area contributed by atoms with Crippen molar-refractivity contribution in [3.63, 3.8) is 0 Å². The topological polar surface area (TPSA) is 70.9 Å². The summed E-state index contributed by atoms with van der Waals surface area (Å²) < 4.78 is 0. The lowest BCUT2D eigenvalue weighted by molar-refractivity contribution is -0.120. The van der Waals surface area contributed by atoms with Crippen LogP contribution in [0, 0.1) is 0 Å². The molecule has 0 aliphatic rings. The monoisotopic (exact) mass is 217 g/mol. The van der Waals surface area contributed by atoms with Crippen LogP contribution in [0.4, 0.5) is 5.69 Å². The smallest absolute Gasteiger partial charge is 0.243 e. The fraction of sp³-hybridized carbons (Fsp3) is 0.250. The third kappa shape index (κ3) is 1.92. The predicted octanol–water partition coefficient (Wildman–Crippen LogP) is 1.84. The van der Waals surface area contributed by atoms with Crippen LogP contribution >= 0.6 is 0 Å². The highest BCUT2D eigenvalue weighted by molar-refractivity contribution is 6.04. The van der Waals surface area contributed by atoms with Crippen LogP contribution in [-0.4, -0.2) is 16.4 Å². The number of aromatic amines is 1. The first-order valence-electron chi connectivity index (χ1n) is 5.15. The highest BCUT2D eigenvalue weighted by atomic mass is 16.2. The second-order valence-electron chi connectivity index (χ2n) is 4.42. The Hall–Kier alpha value is -1.81. The minimum atomic E-state index is -0.877. The van der Waals surface area contributed by atoms with E-state index in [0.717, 1.165) is 16.6 Å². The van der Waals surface area contributed by atoms with E-state index in [1.54, 1.807) is 13.8 Å². The summed E-state index contributed by atoms with van der Waals surface area (Å²) in [5.74, 6) is -0.193. The van der Waals surface area contributed by atoms with Crippen molar-refractivity contribution in [2.45, 2.75) is 19.4 Å². The first-order chi connectivity index (χ1) is 7.48. The molecule has 1 aromatic carbocycles. The van der Waals surface area contributed by atoms with Crippen LogP contribution in [-0.2, 0) is 4.79 Å². The second-order valence-corrected chi connectivity index (χ2v) is 4.42. The second kappa shape index (κ2) is 3.64. The zero-order chi connectivity index (χ0) is 11.8. The van der Waals surface area contributed by atoms with Crippen molar-refractivity contribution < 1.29 is 4.79 Å².